The molecule has 4 rings (SSSR count). The Morgan fingerprint density at radius 3 is 2.85 bits per heavy atom. The number of benzene rings is 2. The van der Waals surface area contributed by atoms with E-state index < -0.39 is 5.63 Å². The van der Waals surface area contributed by atoms with E-state index in [0.717, 1.165) is 10.9 Å². The zero-order valence-corrected chi connectivity index (χ0v) is 16.0. The minimum absolute atomic E-state index is 0.405. The van der Waals surface area contributed by atoms with Crippen LogP contribution in [0.1, 0.15) is 5.56 Å². The van der Waals surface area contributed by atoms with E-state index in [2.05, 4.69) is 15.5 Å². The molecule has 0 bridgehead atoms. The number of fused-ring (bicyclic) bond motifs is 1. The molecule has 0 fully saturated rings. The molecule has 8 heteroatoms. The van der Waals surface area contributed by atoms with E-state index in [1.54, 1.807) is 41.9 Å². The van der Waals surface area contributed by atoms with Crippen molar-refractivity contribution in [2.75, 3.05) is 5.43 Å². The monoisotopic (exact) mass is 415 g/mol. The third kappa shape index (κ3) is 3.88. The number of anilines is 1. The van der Waals surface area contributed by atoms with Crippen molar-refractivity contribution in [2.24, 2.45) is 5.10 Å². The summed E-state index contributed by atoms with van der Waals surface area (Å²) in [6.45, 7) is 0. The van der Waals surface area contributed by atoms with Gasteiger partial charge in [-0.2, -0.15) is 5.10 Å². The maximum absolute atomic E-state index is 12.2. The minimum atomic E-state index is -0.429. The van der Waals surface area contributed by atoms with Gasteiger partial charge in [0.05, 0.1) is 22.5 Å². The van der Waals surface area contributed by atoms with Crippen LogP contribution >= 0.6 is 34.5 Å². The predicted molar refractivity (Wildman–Crippen MR) is 111 cm³/mol. The first kappa shape index (κ1) is 17.7. The number of hydrogen-bond donors (Lipinski definition) is 1. The Labute approximate surface area is 167 Å². The van der Waals surface area contributed by atoms with Crippen LogP contribution in [0.4, 0.5) is 5.13 Å². The molecule has 2 aromatic carbocycles. The van der Waals surface area contributed by atoms with Crippen LogP contribution in [0, 0.1) is 0 Å². The molecule has 0 unspecified atom stereocenters. The van der Waals surface area contributed by atoms with Crippen LogP contribution in [-0.4, -0.2) is 11.2 Å². The molecule has 0 aliphatic heterocycles. The zero-order valence-electron chi connectivity index (χ0n) is 13.6. The van der Waals surface area contributed by atoms with Crippen molar-refractivity contribution in [3.63, 3.8) is 0 Å². The van der Waals surface area contributed by atoms with E-state index >= 15 is 0 Å². The Kier molecular flexibility index (Phi) is 4.94. The van der Waals surface area contributed by atoms with Crippen molar-refractivity contribution in [2.45, 2.75) is 0 Å². The Bertz CT molecular complexity index is 1220. The van der Waals surface area contributed by atoms with Crippen LogP contribution in [0.5, 0.6) is 0 Å². The summed E-state index contributed by atoms with van der Waals surface area (Å²) in [6.07, 6.45) is 1.57. The van der Waals surface area contributed by atoms with Gasteiger partial charge in [-0.3, -0.25) is 5.43 Å². The highest BCUT2D eigenvalue weighted by Gasteiger charge is 2.11. The van der Waals surface area contributed by atoms with Gasteiger partial charge in [-0.15, -0.1) is 11.3 Å². The van der Waals surface area contributed by atoms with Gasteiger partial charge in [0.1, 0.15) is 5.58 Å². The maximum Gasteiger partial charge on any atom is 0.345 e. The second-order valence-electron chi connectivity index (χ2n) is 5.56. The molecule has 1 N–H and O–H groups in total. The number of hydrazone groups is 1. The standard InChI is InChI=1S/C19H11Cl2N3O2S/c20-13-6-5-12(15(21)8-13)9-22-24-19-23-16(10-27-19)14-7-11-3-1-2-4-17(11)26-18(14)25/h1-10H,(H,23,24). The van der Waals surface area contributed by atoms with E-state index in [4.69, 9.17) is 27.6 Å². The zero-order chi connectivity index (χ0) is 18.8. The lowest BCUT2D eigenvalue weighted by atomic mass is 10.1. The van der Waals surface area contributed by atoms with Crippen molar-refractivity contribution in [1.82, 2.24) is 4.98 Å². The fraction of sp³-hybridized carbons (Fsp3) is 0. The average molecular weight is 416 g/mol. The molecule has 2 aromatic heterocycles. The first-order chi connectivity index (χ1) is 13.1. The van der Waals surface area contributed by atoms with Gasteiger partial charge in [-0.05, 0) is 24.3 Å². The molecule has 5 nitrogen and oxygen atoms in total. The Morgan fingerprint density at radius 2 is 2.00 bits per heavy atom. The van der Waals surface area contributed by atoms with Crippen molar-refractivity contribution >= 4 is 56.9 Å². The molecular weight excluding hydrogens is 405 g/mol. The number of nitrogens with one attached hydrogen (secondary N) is 1. The van der Waals surface area contributed by atoms with Crippen molar-refractivity contribution in [3.05, 3.63) is 79.9 Å². The lowest BCUT2D eigenvalue weighted by Crippen LogP contribution is -2.02. The van der Waals surface area contributed by atoms with Gasteiger partial charge in [-0.1, -0.05) is 47.5 Å². The van der Waals surface area contributed by atoms with E-state index in [-0.39, 0.29) is 0 Å². The molecule has 27 heavy (non-hydrogen) atoms. The summed E-state index contributed by atoms with van der Waals surface area (Å²) in [5.74, 6) is 0. The molecule has 0 spiro atoms. The predicted octanol–water partition coefficient (Wildman–Crippen LogP) is 5.67. The molecule has 0 radical (unpaired) electrons. The SMILES string of the molecule is O=c1oc2ccccc2cc1-c1csc(NN=Cc2ccc(Cl)cc2Cl)n1. The van der Waals surface area contributed by atoms with Gasteiger partial charge in [0.2, 0.25) is 5.13 Å². The molecule has 0 aliphatic rings. The van der Waals surface area contributed by atoms with Crippen molar-refractivity contribution in [3.8, 4) is 11.3 Å². The van der Waals surface area contributed by atoms with Gasteiger partial charge in [0, 0.05) is 21.4 Å². The van der Waals surface area contributed by atoms with Crippen LogP contribution in [0.2, 0.25) is 10.0 Å². The van der Waals surface area contributed by atoms with E-state index in [9.17, 15) is 4.79 Å². The van der Waals surface area contributed by atoms with Gasteiger partial charge < -0.3 is 4.42 Å². The highest BCUT2D eigenvalue weighted by atomic mass is 35.5. The lowest BCUT2D eigenvalue weighted by molar-refractivity contribution is 0.563. The molecule has 0 aliphatic carbocycles. The quantitative estimate of drug-likeness (QED) is 0.265. The lowest BCUT2D eigenvalue weighted by Gasteiger charge is -1.99. The summed E-state index contributed by atoms with van der Waals surface area (Å²) < 4.78 is 5.35. The van der Waals surface area contributed by atoms with Gasteiger partial charge >= 0.3 is 5.63 Å². The normalized spacial score (nSPS) is 11.3. The molecule has 0 atom stereocenters. The molecule has 4 aromatic rings. The Hall–Kier alpha value is -2.67. The minimum Gasteiger partial charge on any atom is -0.422 e. The van der Waals surface area contributed by atoms with Crippen molar-refractivity contribution < 1.29 is 4.42 Å². The van der Waals surface area contributed by atoms with Crippen LogP contribution < -0.4 is 11.1 Å². The fourth-order valence-corrected chi connectivity index (χ4v) is 3.57. The fourth-order valence-electron chi connectivity index (χ4n) is 2.45. The summed E-state index contributed by atoms with van der Waals surface area (Å²) in [6, 6.07) is 14.3. The number of hydrogen-bond acceptors (Lipinski definition) is 6. The second-order valence-corrected chi connectivity index (χ2v) is 7.26. The number of nitrogens with zero attached hydrogens (tertiary/aromatic N) is 2. The van der Waals surface area contributed by atoms with Crippen LogP contribution in [-0.2, 0) is 0 Å². The molecule has 0 saturated heterocycles. The topological polar surface area (TPSA) is 67.5 Å². The summed E-state index contributed by atoms with van der Waals surface area (Å²) in [5.41, 5.74) is 4.61. The van der Waals surface area contributed by atoms with Crippen LogP contribution in [0.15, 0.2) is 68.2 Å². The first-order valence-corrected chi connectivity index (χ1v) is 9.46. The summed E-state index contributed by atoms with van der Waals surface area (Å²) in [7, 11) is 0. The largest absolute Gasteiger partial charge is 0.422 e. The molecule has 2 heterocycles. The van der Waals surface area contributed by atoms with E-state index in [1.165, 1.54) is 11.3 Å². The molecular formula is C19H11Cl2N3O2S. The van der Waals surface area contributed by atoms with Gasteiger partial charge in [0.25, 0.3) is 0 Å². The highest BCUT2D eigenvalue weighted by molar-refractivity contribution is 7.14. The molecule has 0 saturated carbocycles. The number of para-hydroxylation sites is 1. The van der Waals surface area contributed by atoms with Gasteiger partial charge in [-0.25, -0.2) is 9.78 Å². The highest BCUT2D eigenvalue weighted by Crippen LogP contribution is 2.25. The average Bonchev–Trinajstić information content (AvgIpc) is 3.11. The first-order valence-electron chi connectivity index (χ1n) is 7.83. The van der Waals surface area contributed by atoms with E-state index in [0.29, 0.717) is 32.0 Å². The number of aromatic nitrogens is 1. The second kappa shape index (κ2) is 7.52. The van der Waals surface area contributed by atoms with E-state index in [1.807, 2.05) is 18.2 Å². The third-order valence-corrected chi connectivity index (χ3v) is 5.06. The summed E-state index contributed by atoms with van der Waals surface area (Å²) in [4.78, 5) is 16.6. The third-order valence-electron chi connectivity index (χ3n) is 3.75. The molecule has 134 valence electrons. The smallest absolute Gasteiger partial charge is 0.345 e. The van der Waals surface area contributed by atoms with Crippen LogP contribution in [0.3, 0.4) is 0 Å². The van der Waals surface area contributed by atoms with Gasteiger partial charge in [0.15, 0.2) is 0 Å². The van der Waals surface area contributed by atoms with Crippen LogP contribution in [0.25, 0.3) is 22.2 Å². The number of rotatable bonds is 4. The molecule has 0 amide bonds. The Morgan fingerprint density at radius 1 is 1.15 bits per heavy atom. The summed E-state index contributed by atoms with van der Waals surface area (Å²) in [5, 5.41) is 8.34. The van der Waals surface area contributed by atoms with Crippen molar-refractivity contribution in [1.29, 1.82) is 0 Å². The number of halogens is 2. The maximum atomic E-state index is 12.2. The Balaban J connectivity index is 1.56. The number of thiazole rings is 1. The summed E-state index contributed by atoms with van der Waals surface area (Å²) >= 11 is 13.3.